The number of rotatable bonds is 7. The van der Waals surface area contributed by atoms with Crippen molar-refractivity contribution in [1.29, 1.82) is 0 Å². The quantitative estimate of drug-likeness (QED) is 0.841. The molecule has 1 unspecified atom stereocenters. The van der Waals surface area contributed by atoms with Crippen LogP contribution in [0.25, 0.3) is 0 Å². The topological polar surface area (TPSA) is 59.0 Å². The minimum Gasteiger partial charge on any atom is -0.490 e. The molecule has 1 aromatic rings. The smallest absolute Gasteiger partial charge is 0.268 e. The van der Waals surface area contributed by atoms with Gasteiger partial charge >= 0.3 is 0 Å². The molecule has 1 N–H and O–H groups in total. The second-order valence-electron chi connectivity index (χ2n) is 5.45. The molecule has 1 aliphatic heterocycles. The number of benzene rings is 1. The SMILES string of the molecule is CCCOc1cc(CO)cc2c1OC(CC)C(=O)N2CCC. The van der Waals surface area contributed by atoms with Crippen molar-refractivity contribution in [2.75, 3.05) is 18.1 Å². The number of amides is 1. The number of aliphatic hydroxyl groups excluding tert-OH is 1. The lowest BCUT2D eigenvalue weighted by Gasteiger charge is -2.35. The molecule has 0 bridgehead atoms. The molecule has 0 saturated heterocycles. The van der Waals surface area contributed by atoms with E-state index >= 15 is 0 Å². The summed E-state index contributed by atoms with van der Waals surface area (Å²) in [6.45, 7) is 7.11. The van der Waals surface area contributed by atoms with Gasteiger partial charge in [-0.3, -0.25) is 4.79 Å². The number of carbonyl (C=O) groups is 1. The van der Waals surface area contributed by atoms with Gasteiger partial charge in [0, 0.05) is 6.54 Å². The molecule has 0 spiro atoms. The van der Waals surface area contributed by atoms with Crippen molar-refractivity contribution in [3.8, 4) is 11.5 Å². The molecule has 1 heterocycles. The molecule has 1 aliphatic rings. The Bertz CT molecular complexity index is 530. The Labute approximate surface area is 131 Å². The van der Waals surface area contributed by atoms with Crippen LogP contribution in [0.4, 0.5) is 5.69 Å². The summed E-state index contributed by atoms with van der Waals surface area (Å²) in [4.78, 5) is 14.3. The number of aliphatic hydroxyl groups is 1. The third-order valence-electron chi connectivity index (χ3n) is 3.65. The molecule has 1 atom stereocenters. The fraction of sp³-hybridized carbons (Fsp3) is 0.588. The molecular weight excluding hydrogens is 282 g/mol. The van der Waals surface area contributed by atoms with Crippen LogP contribution in [0.3, 0.4) is 0 Å². The summed E-state index contributed by atoms with van der Waals surface area (Å²) in [6, 6.07) is 3.61. The normalized spacial score (nSPS) is 17.2. The zero-order valence-electron chi connectivity index (χ0n) is 13.6. The Hall–Kier alpha value is -1.75. The monoisotopic (exact) mass is 307 g/mol. The van der Waals surface area contributed by atoms with Gasteiger partial charge in [-0.1, -0.05) is 20.8 Å². The van der Waals surface area contributed by atoms with Crippen molar-refractivity contribution in [2.24, 2.45) is 0 Å². The van der Waals surface area contributed by atoms with Crippen LogP contribution in [0, 0.1) is 0 Å². The Morgan fingerprint density at radius 1 is 1.27 bits per heavy atom. The van der Waals surface area contributed by atoms with Crippen molar-refractivity contribution >= 4 is 11.6 Å². The number of fused-ring (bicyclic) bond motifs is 1. The van der Waals surface area contributed by atoms with E-state index in [9.17, 15) is 9.90 Å². The third kappa shape index (κ3) is 3.19. The van der Waals surface area contributed by atoms with Crippen LogP contribution >= 0.6 is 0 Å². The second-order valence-corrected chi connectivity index (χ2v) is 5.45. The lowest BCUT2D eigenvalue weighted by atomic mass is 10.1. The van der Waals surface area contributed by atoms with Crippen LogP contribution < -0.4 is 14.4 Å². The molecule has 5 nitrogen and oxygen atoms in total. The highest BCUT2D eigenvalue weighted by molar-refractivity contribution is 6.00. The zero-order valence-corrected chi connectivity index (χ0v) is 13.6. The lowest BCUT2D eigenvalue weighted by molar-refractivity contribution is -0.126. The summed E-state index contributed by atoms with van der Waals surface area (Å²) in [7, 11) is 0. The maximum atomic E-state index is 12.5. The molecule has 1 amide bonds. The molecule has 1 aromatic carbocycles. The fourth-order valence-corrected chi connectivity index (χ4v) is 2.57. The van der Waals surface area contributed by atoms with Crippen molar-refractivity contribution in [3.63, 3.8) is 0 Å². The van der Waals surface area contributed by atoms with Gasteiger partial charge < -0.3 is 19.5 Å². The van der Waals surface area contributed by atoms with Crippen LogP contribution in [0.1, 0.15) is 45.6 Å². The number of anilines is 1. The Morgan fingerprint density at radius 2 is 2.05 bits per heavy atom. The van der Waals surface area contributed by atoms with E-state index in [0.29, 0.717) is 36.8 Å². The molecule has 122 valence electrons. The minimum absolute atomic E-state index is 0.0200. The summed E-state index contributed by atoms with van der Waals surface area (Å²) in [5, 5.41) is 9.47. The van der Waals surface area contributed by atoms with E-state index in [4.69, 9.17) is 9.47 Å². The van der Waals surface area contributed by atoms with Crippen LogP contribution in [0.5, 0.6) is 11.5 Å². The van der Waals surface area contributed by atoms with Gasteiger partial charge in [0.2, 0.25) is 0 Å². The summed E-state index contributed by atoms with van der Waals surface area (Å²) in [5.41, 5.74) is 1.42. The van der Waals surface area contributed by atoms with Crippen molar-refractivity contribution < 1.29 is 19.4 Å². The number of ether oxygens (including phenoxy) is 2. The van der Waals surface area contributed by atoms with E-state index in [2.05, 4.69) is 0 Å². The predicted molar refractivity (Wildman–Crippen MR) is 85.5 cm³/mol. The van der Waals surface area contributed by atoms with E-state index in [0.717, 1.165) is 18.4 Å². The standard InChI is InChI=1S/C17H25NO4/c1-4-7-18-13-9-12(11-19)10-15(21-8-5-2)16(13)22-14(6-3)17(18)20/h9-10,14,19H,4-8,11H2,1-3H3. The molecule has 0 saturated carbocycles. The van der Waals surface area contributed by atoms with Gasteiger partial charge in [-0.05, 0) is 37.0 Å². The average Bonchev–Trinajstić information content (AvgIpc) is 2.54. The van der Waals surface area contributed by atoms with Gasteiger partial charge in [-0.15, -0.1) is 0 Å². The van der Waals surface area contributed by atoms with E-state index in [1.165, 1.54) is 0 Å². The van der Waals surface area contributed by atoms with Gasteiger partial charge in [0.05, 0.1) is 18.9 Å². The molecule has 0 aliphatic carbocycles. The maximum Gasteiger partial charge on any atom is 0.268 e. The molecule has 22 heavy (non-hydrogen) atoms. The first kappa shape index (κ1) is 16.6. The first-order valence-corrected chi connectivity index (χ1v) is 8.04. The molecule has 0 radical (unpaired) electrons. The van der Waals surface area contributed by atoms with Crippen LogP contribution in [-0.4, -0.2) is 30.3 Å². The molecular formula is C17H25NO4. The number of hydrogen-bond acceptors (Lipinski definition) is 4. The lowest BCUT2D eigenvalue weighted by Crippen LogP contribution is -2.46. The van der Waals surface area contributed by atoms with Gasteiger partial charge in [-0.25, -0.2) is 0 Å². The number of nitrogens with zero attached hydrogens (tertiary/aromatic N) is 1. The first-order chi connectivity index (χ1) is 10.7. The van der Waals surface area contributed by atoms with Gasteiger partial charge in [0.15, 0.2) is 17.6 Å². The first-order valence-electron chi connectivity index (χ1n) is 8.04. The highest BCUT2D eigenvalue weighted by Gasteiger charge is 2.35. The van der Waals surface area contributed by atoms with Crippen LogP contribution in [-0.2, 0) is 11.4 Å². The number of carbonyl (C=O) groups excluding carboxylic acids is 1. The van der Waals surface area contributed by atoms with Gasteiger partial charge in [0.1, 0.15) is 0 Å². The van der Waals surface area contributed by atoms with Gasteiger partial charge in [-0.2, -0.15) is 0 Å². The van der Waals surface area contributed by atoms with E-state index < -0.39 is 6.10 Å². The van der Waals surface area contributed by atoms with Crippen molar-refractivity contribution in [3.05, 3.63) is 17.7 Å². The number of hydrogen-bond donors (Lipinski definition) is 1. The van der Waals surface area contributed by atoms with Crippen LogP contribution in [0.15, 0.2) is 12.1 Å². The maximum absolute atomic E-state index is 12.5. The zero-order chi connectivity index (χ0) is 16.1. The Balaban J connectivity index is 2.50. The summed E-state index contributed by atoms with van der Waals surface area (Å²) in [6.07, 6.45) is 1.89. The Kier molecular flexibility index (Phi) is 5.66. The van der Waals surface area contributed by atoms with Crippen molar-refractivity contribution in [1.82, 2.24) is 0 Å². The van der Waals surface area contributed by atoms with Crippen LogP contribution in [0.2, 0.25) is 0 Å². The fourth-order valence-electron chi connectivity index (χ4n) is 2.57. The van der Waals surface area contributed by atoms with E-state index in [-0.39, 0.29) is 12.5 Å². The largest absolute Gasteiger partial charge is 0.490 e. The minimum atomic E-state index is -0.469. The summed E-state index contributed by atoms with van der Waals surface area (Å²) in [5.74, 6) is 1.20. The highest BCUT2D eigenvalue weighted by Crippen LogP contribution is 2.43. The summed E-state index contributed by atoms with van der Waals surface area (Å²) >= 11 is 0. The summed E-state index contributed by atoms with van der Waals surface area (Å²) < 4.78 is 11.7. The third-order valence-corrected chi connectivity index (χ3v) is 3.65. The second kappa shape index (κ2) is 7.49. The molecule has 5 heteroatoms. The predicted octanol–water partition coefficient (Wildman–Crippen LogP) is 2.88. The molecule has 0 fully saturated rings. The molecule has 0 aromatic heterocycles. The Morgan fingerprint density at radius 3 is 2.64 bits per heavy atom. The molecule has 2 rings (SSSR count). The van der Waals surface area contributed by atoms with E-state index in [1.54, 1.807) is 11.0 Å². The van der Waals surface area contributed by atoms with Gasteiger partial charge in [0.25, 0.3) is 5.91 Å². The van der Waals surface area contributed by atoms with Crippen molar-refractivity contribution in [2.45, 2.75) is 52.7 Å². The highest BCUT2D eigenvalue weighted by atomic mass is 16.5. The van der Waals surface area contributed by atoms with E-state index in [1.807, 2.05) is 26.8 Å². The average molecular weight is 307 g/mol.